The molecule has 3 rings (SSSR count). The van der Waals surface area contributed by atoms with Gasteiger partial charge >= 0.3 is 0 Å². The molecule has 8 heteroatoms. The molecule has 2 aromatic carbocycles. The van der Waals surface area contributed by atoms with Gasteiger partial charge < -0.3 is 10.1 Å². The van der Waals surface area contributed by atoms with Crippen molar-refractivity contribution in [3.63, 3.8) is 0 Å². The van der Waals surface area contributed by atoms with Crippen molar-refractivity contribution >= 4 is 33.2 Å². The monoisotopic (exact) mass is 394 g/mol. The van der Waals surface area contributed by atoms with Crippen molar-refractivity contribution in [2.75, 3.05) is 31.6 Å². The highest BCUT2D eigenvalue weighted by Crippen LogP contribution is 2.21. The van der Waals surface area contributed by atoms with Crippen LogP contribution in [0.3, 0.4) is 0 Å². The third-order valence-electron chi connectivity index (χ3n) is 4.00. The van der Waals surface area contributed by atoms with E-state index >= 15 is 0 Å². The number of hydrogen-bond donors (Lipinski definition) is 1. The van der Waals surface area contributed by atoms with Gasteiger partial charge in [-0.15, -0.1) is 0 Å². The summed E-state index contributed by atoms with van der Waals surface area (Å²) in [5.41, 5.74) is 1.27. The number of halogens is 1. The van der Waals surface area contributed by atoms with Crippen molar-refractivity contribution in [1.29, 1.82) is 0 Å². The van der Waals surface area contributed by atoms with E-state index in [-0.39, 0.29) is 17.2 Å². The van der Waals surface area contributed by atoms with Crippen LogP contribution in [-0.2, 0) is 26.0 Å². The summed E-state index contributed by atoms with van der Waals surface area (Å²) in [6, 6.07) is 13.3. The SMILES string of the molecule is O=C(Cc1ccc(Cl)cc1)Nc1cccc(S(=O)(=O)N2CCOCC2)c1. The predicted octanol–water partition coefficient (Wildman–Crippen LogP) is 2.54. The molecule has 0 saturated carbocycles. The fourth-order valence-corrected chi connectivity index (χ4v) is 4.24. The molecule has 1 aliphatic heterocycles. The zero-order valence-corrected chi connectivity index (χ0v) is 15.6. The minimum Gasteiger partial charge on any atom is -0.379 e. The maximum atomic E-state index is 12.7. The number of carbonyl (C=O) groups is 1. The van der Waals surface area contributed by atoms with Gasteiger partial charge in [-0.1, -0.05) is 29.8 Å². The molecule has 0 radical (unpaired) electrons. The molecule has 138 valence electrons. The highest BCUT2D eigenvalue weighted by Gasteiger charge is 2.26. The second-order valence-electron chi connectivity index (χ2n) is 5.90. The maximum Gasteiger partial charge on any atom is 0.243 e. The summed E-state index contributed by atoms with van der Waals surface area (Å²) in [5.74, 6) is -0.228. The second kappa shape index (κ2) is 8.18. The Labute approximate surface area is 157 Å². The van der Waals surface area contributed by atoms with Crippen LogP contribution >= 0.6 is 11.6 Å². The van der Waals surface area contributed by atoms with Gasteiger partial charge in [-0.2, -0.15) is 4.31 Å². The van der Waals surface area contributed by atoms with E-state index in [1.54, 1.807) is 36.4 Å². The molecule has 0 unspecified atom stereocenters. The molecule has 0 spiro atoms. The third kappa shape index (κ3) is 4.62. The van der Waals surface area contributed by atoms with Crippen molar-refractivity contribution in [2.45, 2.75) is 11.3 Å². The molecule has 1 N–H and O–H groups in total. The van der Waals surface area contributed by atoms with Gasteiger partial charge in [0.2, 0.25) is 15.9 Å². The Morgan fingerprint density at radius 3 is 2.50 bits per heavy atom. The fraction of sp³-hybridized carbons (Fsp3) is 0.278. The topological polar surface area (TPSA) is 75.7 Å². The summed E-state index contributed by atoms with van der Waals surface area (Å²) >= 11 is 5.83. The Morgan fingerprint density at radius 1 is 1.12 bits per heavy atom. The van der Waals surface area contributed by atoms with Crippen molar-refractivity contribution < 1.29 is 17.9 Å². The first kappa shape index (κ1) is 18.8. The molecule has 0 bridgehead atoms. The Hall–Kier alpha value is -1.93. The summed E-state index contributed by atoms with van der Waals surface area (Å²) in [4.78, 5) is 12.4. The summed E-state index contributed by atoms with van der Waals surface area (Å²) in [5, 5.41) is 3.35. The first-order valence-corrected chi connectivity index (χ1v) is 9.99. The molecule has 2 aromatic rings. The van der Waals surface area contributed by atoms with Crippen LogP contribution in [0.5, 0.6) is 0 Å². The largest absolute Gasteiger partial charge is 0.379 e. The number of sulfonamides is 1. The van der Waals surface area contributed by atoms with Gasteiger partial charge in [0.1, 0.15) is 0 Å². The third-order valence-corrected chi connectivity index (χ3v) is 6.15. The second-order valence-corrected chi connectivity index (χ2v) is 8.27. The molecule has 0 aliphatic carbocycles. The summed E-state index contributed by atoms with van der Waals surface area (Å²) < 4.78 is 32.0. The lowest BCUT2D eigenvalue weighted by atomic mass is 10.1. The smallest absolute Gasteiger partial charge is 0.243 e. The number of morpholine rings is 1. The number of nitrogens with zero attached hydrogens (tertiary/aromatic N) is 1. The van der Waals surface area contributed by atoms with Gasteiger partial charge in [0.25, 0.3) is 0 Å². The number of carbonyl (C=O) groups excluding carboxylic acids is 1. The van der Waals surface area contributed by atoms with E-state index in [0.717, 1.165) is 5.56 Å². The standard InChI is InChI=1S/C18H19ClN2O4S/c19-15-6-4-14(5-7-15)12-18(22)20-16-2-1-3-17(13-16)26(23,24)21-8-10-25-11-9-21/h1-7,13H,8-12H2,(H,20,22). The van der Waals surface area contributed by atoms with Crippen LogP contribution in [0.2, 0.25) is 5.02 Å². The van der Waals surface area contributed by atoms with Crippen molar-refractivity contribution in [3.8, 4) is 0 Å². The molecular weight excluding hydrogens is 376 g/mol. The average Bonchev–Trinajstić information content (AvgIpc) is 2.64. The van der Waals surface area contributed by atoms with Crippen LogP contribution in [0.1, 0.15) is 5.56 Å². The number of rotatable bonds is 5. The van der Waals surface area contributed by atoms with Crippen molar-refractivity contribution in [2.24, 2.45) is 0 Å². The van der Waals surface area contributed by atoms with Crippen LogP contribution in [0.15, 0.2) is 53.4 Å². The number of ether oxygens (including phenoxy) is 1. The molecule has 0 atom stereocenters. The van der Waals surface area contributed by atoms with Crippen LogP contribution in [0.4, 0.5) is 5.69 Å². The Kier molecular flexibility index (Phi) is 5.93. The number of anilines is 1. The Bertz CT molecular complexity index is 878. The zero-order chi connectivity index (χ0) is 18.6. The van der Waals surface area contributed by atoms with Crippen LogP contribution in [0.25, 0.3) is 0 Å². The maximum absolute atomic E-state index is 12.7. The highest BCUT2D eigenvalue weighted by molar-refractivity contribution is 7.89. The van der Waals surface area contributed by atoms with Gasteiger partial charge in [-0.05, 0) is 35.9 Å². The fourth-order valence-electron chi connectivity index (χ4n) is 2.66. The van der Waals surface area contributed by atoms with Gasteiger partial charge in [0.15, 0.2) is 0 Å². The van der Waals surface area contributed by atoms with Crippen molar-refractivity contribution in [1.82, 2.24) is 4.31 Å². The lowest BCUT2D eigenvalue weighted by Gasteiger charge is -2.26. The van der Waals surface area contributed by atoms with Gasteiger partial charge in [0, 0.05) is 23.8 Å². The first-order valence-electron chi connectivity index (χ1n) is 8.17. The summed E-state index contributed by atoms with van der Waals surface area (Å²) in [6.07, 6.45) is 0.178. The van der Waals surface area contributed by atoms with Gasteiger partial charge in [0.05, 0.1) is 24.5 Å². The van der Waals surface area contributed by atoms with Crippen LogP contribution in [-0.4, -0.2) is 44.9 Å². The molecule has 26 heavy (non-hydrogen) atoms. The quantitative estimate of drug-likeness (QED) is 0.845. The van der Waals surface area contributed by atoms with E-state index in [1.165, 1.54) is 16.4 Å². The summed E-state index contributed by atoms with van der Waals surface area (Å²) in [6.45, 7) is 1.43. The Balaban J connectivity index is 1.70. The van der Waals surface area contributed by atoms with Crippen molar-refractivity contribution in [3.05, 3.63) is 59.1 Å². The lowest BCUT2D eigenvalue weighted by Crippen LogP contribution is -2.40. The molecule has 1 amide bonds. The first-order chi connectivity index (χ1) is 12.4. The predicted molar refractivity (Wildman–Crippen MR) is 99.8 cm³/mol. The van der Waals surface area contributed by atoms with E-state index in [9.17, 15) is 13.2 Å². The molecule has 1 fully saturated rings. The van der Waals surface area contributed by atoms with Gasteiger partial charge in [-0.25, -0.2) is 8.42 Å². The number of nitrogens with one attached hydrogen (secondary N) is 1. The van der Waals surface area contributed by atoms with E-state index in [0.29, 0.717) is 37.0 Å². The molecular formula is C18H19ClN2O4S. The van der Waals surface area contributed by atoms with E-state index in [1.807, 2.05) is 0 Å². The molecule has 0 aromatic heterocycles. The van der Waals surface area contributed by atoms with E-state index in [2.05, 4.69) is 5.32 Å². The zero-order valence-electron chi connectivity index (χ0n) is 14.0. The minimum atomic E-state index is -3.60. The molecule has 1 heterocycles. The number of hydrogen-bond acceptors (Lipinski definition) is 4. The van der Waals surface area contributed by atoms with E-state index < -0.39 is 10.0 Å². The lowest BCUT2D eigenvalue weighted by molar-refractivity contribution is -0.115. The normalized spacial score (nSPS) is 15.6. The molecule has 1 saturated heterocycles. The Morgan fingerprint density at radius 2 is 1.81 bits per heavy atom. The van der Waals surface area contributed by atoms with E-state index in [4.69, 9.17) is 16.3 Å². The molecule has 1 aliphatic rings. The summed E-state index contributed by atoms with van der Waals surface area (Å²) in [7, 11) is -3.60. The highest BCUT2D eigenvalue weighted by atomic mass is 35.5. The van der Waals surface area contributed by atoms with Gasteiger partial charge in [-0.3, -0.25) is 4.79 Å². The van der Waals surface area contributed by atoms with Crippen LogP contribution < -0.4 is 5.32 Å². The average molecular weight is 395 g/mol. The number of amides is 1. The molecule has 6 nitrogen and oxygen atoms in total. The minimum absolute atomic E-state index is 0.156. The van der Waals surface area contributed by atoms with Crippen LogP contribution in [0, 0.1) is 0 Å². The number of benzene rings is 2.